The van der Waals surface area contributed by atoms with Gasteiger partial charge in [-0.3, -0.25) is 4.79 Å². The van der Waals surface area contributed by atoms with Crippen molar-refractivity contribution in [3.63, 3.8) is 0 Å². The minimum Gasteiger partial charge on any atom is -0.470 e. The molecule has 1 aliphatic rings. The second-order valence-electron chi connectivity index (χ2n) is 5.58. The lowest BCUT2D eigenvalue weighted by Crippen LogP contribution is -2.44. The Kier molecular flexibility index (Phi) is 4.84. The van der Waals surface area contributed by atoms with Gasteiger partial charge in [0.1, 0.15) is 12.2 Å². The molecule has 2 heterocycles. The SMILES string of the molecule is N#Cc1nccnc1OC1CCCN(C(=O)c2ccc(F)c(F)c2)C1. The molecule has 0 bridgehead atoms. The molecule has 1 saturated heterocycles. The molecule has 1 aliphatic heterocycles. The number of carbonyl (C=O) groups is 1. The summed E-state index contributed by atoms with van der Waals surface area (Å²) < 4.78 is 32.1. The number of ether oxygens (including phenoxy) is 1. The summed E-state index contributed by atoms with van der Waals surface area (Å²) in [7, 11) is 0. The van der Waals surface area contributed by atoms with E-state index in [1.165, 1.54) is 23.4 Å². The van der Waals surface area contributed by atoms with E-state index in [4.69, 9.17) is 10.00 Å². The van der Waals surface area contributed by atoms with Crippen LogP contribution in [0, 0.1) is 23.0 Å². The van der Waals surface area contributed by atoms with Crippen LogP contribution in [-0.2, 0) is 0 Å². The third-order valence-corrected chi connectivity index (χ3v) is 3.88. The lowest BCUT2D eigenvalue weighted by Gasteiger charge is -2.32. The molecule has 25 heavy (non-hydrogen) atoms. The van der Waals surface area contributed by atoms with Crippen LogP contribution in [0.25, 0.3) is 0 Å². The van der Waals surface area contributed by atoms with E-state index < -0.39 is 17.5 Å². The first-order chi connectivity index (χ1) is 12.1. The molecule has 3 rings (SSSR count). The topological polar surface area (TPSA) is 79.1 Å². The highest BCUT2D eigenvalue weighted by Crippen LogP contribution is 2.20. The standard InChI is InChI=1S/C17H14F2N4O2/c18-13-4-3-11(8-14(13)19)17(24)23-7-1-2-12(10-23)25-16-15(9-20)21-5-6-22-16/h3-6,8,12H,1-2,7,10H2. The summed E-state index contributed by atoms with van der Waals surface area (Å²) in [6.45, 7) is 0.753. The molecule has 2 aromatic rings. The van der Waals surface area contributed by atoms with Gasteiger partial charge >= 0.3 is 0 Å². The Morgan fingerprint density at radius 3 is 2.84 bits per heavy atom. The first-order valence-corrected chi connectivity index (χ1v) is 7.70. The molecule has 0 saturated carbocycles. The molecular formula is C17H14F2N4O2. The van der Waals surface area contributed by atoms with Crippen LogP contribution in [0.5, 0.6) is 5.88 Å². The molecule has 1 atom stereocenters. The average Bonchev–Trinajstić information content (AvgIpc) is 2.64. The molecule has 6 nitrogen and oxygen atoms in total. The van der Waals surface area contributed by atoms with Crippen LogP contribution in [-0.4, -0.2) is 40.0 Å². The van der Waals surface area contributed by atoms with Gasteiger partial charge in [0, 0.05) is 24.5 Å². The minimum atomic E-state index is -1.06. The summed E-state index contributed by atoms with van der Waals surface area (Å²) in [5, 5.41) is 9.02. The smallest absolute Gasteiger partial charge is 0.254 e. The number of piperidine rings is 1. The average molecular weight is 344 g/mol. The predicted octanol–water partition coefficient (Wildman–Crippen LogP) is 2.31. The van der Waals surface area contributed by atoms with E-state index in [1.807, 2.05) is 6.07 Å². The van der Waals surface area contributed by atoms with Crippen molar-refractivity contribution < 1.29 is 18.3 Å². The van der Waals surface area contributed by atoms with Gasteiger partial charge in [-0.05, 0) is 31.0 Å². The third kappa shape index (κ3) is 3.71. The Bertz CT molecular complexity index is 838. The van der Waals surface area contributed by atoms with E-state index >= 15 is 0 Å². The number of halogens is 2. The Morgan fingerprint density at radius 2 is 2.08 bits per heavy atom. The normalized spacial score (nSPS) is 17.0. The molecule has 128 valence electrons. The first-order valence-electron chi connectivity index (χ1n) is 7.70. The zero-order valence-corrected chi connectivity index (χ0v) is 13.2. The number of rotatable bonds is 3. The summed E-state index contributed by atoms with van der Waals surface area (Å²) >= 11 is 0. The molecular weight excluding hydrogens is 330 g/mol. The van der Waals surface area contributed by atoms with Gasteiger partial charge in [0.2, 0.25) is 5.69 Å². The van der Waals surface area contributed by atoms with Crippen molar-refractivity contribution >= 4 is 5.91 Å². The summed E-state index contributed by atoms with van der Waals surface area (Å²) in [5.74, 6) is -2.33. The molecule has 0 spiro atoms. The number of carbonyl (C=O) groups excluding carboxylic acids is 1. The number of benzene rings is 1. The van der Waals surface area contributed by atoms with Crippen LogP contribution in [0.4, 0.5) is 8.78 Å². The highest BCUT2D eigenvalue weighted by molar-refractivity contribution is 5.94. The third-order valence-electron chi connectivity index (χ3n) is 3.88. The maximum atomic E-state index is 13.3. The van der Waals surface area contributed by atoms with Crippen molar-refractivity contribution in [2.45, 2.75) is 18.9 Å². The largest absolute Gasteiger partial charge is 0.470 e. The van der Waals surface area contributed by atoms with Crippen molar-refractivity contribution in [1.29, 1.82) is 5.26 Å². The van der Waals surface area contributed by atoms with E-state index in [0.717, 1.165) is 12.1 Å². The van der Waals surface area contributed by atoms with Gasteiger partial charge in [0.15, 0.2) is 11.6 Å². The van der Waals surface area contributed by atoms with Crippen molar-refractivity contribution in [2.75, 3.05) is 13.1 Å². The van der Waals surface area contributed by atoms with Crippen LogP contribution in [0.3, 0.4) is 0 Å². The quantitative estimate of drug-likeness (QED) is 0.854. The summed E-state index contributed by atoms with van der Waals surface area (Å²) in [4.78, 5) is 21.9. The van der Waals surface area contributed by atoms with Gasteiger partial charge in [-0.1, -0.05) is 0 Å². The molecule has 0 aliphatic carbocycles. The van der Waals surface area contributed by atoms with E-state index in [9.17, 15) is 13.6 Å². The van der Waals surface area contributed by atoms with Crippen LogP contribution in [0.15, 0.2) is 30.6 Å². The molecule has 0 radical (unpaired) electrons. The van der Waals surface area contributed by atoms with Gasteiger partial charge in [0.25, 0.3) is 11.8 Å². The Hall–Kier alpha value is -3.08. The van der Waals surface area contributed by atoms with Crippen molar-refractivity contribution in [3.05, 3.63) is 53.5 Å². The van der Waals surface area contributed by atoms with Crippen LogP contribution < -0.4 is 4.74 Å². The number of aromatic nitrogens is 2. The molecule has 1 aromatic carbocycles. The molecule has 1 fully saturated rings. The Labute approximate surface area is 142 Å². The van der Waals surface area contributed by atoms with E-state index in [-0.39, 0.29) is 29.8 Å². The van der Waals surface area contributed by atoms with Crippen LogP contribution in [0.1, 0.15) is 28.9 Å². The highest BCUT2D eigenvalue weighted by atomic mass is 19.2. The van der Waals surface area contributed by atoms with Gasteiger partial charge in [-0.2, -0.15) is 5.26 Å². The molecule has 0 N–H and O–H groups in total. The number of likely N-dealkylation sites (tertiary alicyclic amines) is 1. The van der Waals surface area contributed by atoms with Crippen LogP contribution >= 0.6 is 0 Å². The van der Waals surface area contributed by atoms with Crippen LogP contribution in [0.2, 0.25) is 0 Å². The second kappa shape index (κ2) is 7.21. The van der Waals surface area contributed by atoms with E-state index in [1.54, 1.807) is 0 Å². The van der Waals surface area contributed by atoms with Gasteiger partial charge < -0.3 is 9.64 Å². The Morgan fingerprint density at radius 1 is 1.28 bits per heavy atom. The monoisotopic (exact) mass is 344 g/mol. The lowest BCUT2D eigenvalue weighted by molar-refractivity contribution is 0.0525. The lowest BCUT2D eigenvalue weighted by atomic mass is 10.1. The Balaban J connectivity index is 1.71. The maximum Gasteiger partial charge on any atom is 0.254 e. The number of nitriles is 1. The molecule has 1 aromatic heterocycles. The molecule has 1 unspecified atom stereocenters. The van der Waals surface area contributed by atoms with Gasteiger partial charge in [-0.25, -0.2) is 18.7 Å². The molecule has 8 heteroatoms. The first kappa shape index (κ1) is 16.8. The number of hydrogen-bond acceptors (Lipinski definition) is 5. The summed E-state index contributed by atoms with van der Waals surface area (Å²) in [5.41, 5.74) is 0.156. The fourth-order valence-corrected chi connectivity index (χ4v) is 2.68. The second-order valence-corrected chi connectivity index (χ2v) is 5.58. The summed E-state index contributed by atoms with van der Waals surface area (Å²) in [6.07, 6.45) is 3.83. The number of hydrogen-bond donors (Lipinski definition) is 0. The summed E-state index contributed by atoms with van der Waals surface area (Å²) in [6, 6.07) is 4.97. The van der Waals surface area contributed by atoms with Crippen molar-refractivity contribution in [3.8, 4) is 11.9 Å². The number of nitrogens with zero attached hydrogens (tertiary/aromatic N) is 4. The zero-order valence-electron chi connectivity index (χ0n) is 13.2. The van der Waals surface area contributed by atoms with E-state index in [0.29, 0.717) is 19.4 Å². The fourth-order valence-electron chi connectivity index (χ4n) is 2.68. The molecule has 1 amide bonds. The minimum absolute atomic E-state index is 0.0755. The van der Waals surface area contributed by atoms with Gasteiger partial charge in [-0.15, -0.1) is 0 Å². The zero-order chi connectivity index (χ0) is 17.8. The van der Waals surface area contributed by atoms with Crippen molar-refractivity contribution in [1.82, 2.24) is 14.9 Å². The van der Waals surface area contributed by atoms with Gasteiger partial charge in [0.05, 0.1) is 6.54 Å². The fraction of sp³-hybridized carbons (Fsp3) is 0.294. The highest BCUT2D eigenvalue weighted by Gasteiger charge is 2.27. The van der Waals surface area contributed by atoms with Crippen molar-refractivity contribution in [2.24, 2.45) is 0 Å². The maximum absolute atomic E-state index is 13.3. The van der Waals surface area contributed by atoms with E-state index in [2.05, 4.69) is 9.97 Å². The predicted molar refractivity (Wildman–Crippen MR) is 82.7 cm³/mol. The number of amides is 1.